The lowest BCUT2D eigenvalue weighted by Gasteiger charge is -2.16. The third-order valence-electron chi connectivity index (χ3n) is 3.72. The zero-order chi connectivity index (χ0) is 15.8. The number of ether oxygens (including phenoxy) is 2. The van der Waals surface area contributed by atoms with Gasteiger partial charge in [0.1, 0.15) is 5.75 Å². The zero-order valence-corrected chi connectivity index (χ0v) is 15.3. The minimum atomic E-state index is -0.208. The molecule has 0 aliphatic carbocycles. The molecule has 122 valence electrons. The molecule has 1 aromatic carbocycles. The van der Waals surface area contributed by atoms with Gasteiger partial charge >= 0.3 is 0 Å². The third kappa shape index (κ3) is 5.90. The Morgan fingerprint density at radius 2 is 2.00 bits per heavy atom. The normalized spacial score (nSPS) is 17.1. The molecule has 22 heavy (non-hydrogen) atoms. The second-order valence-electron chi connectivity index (χ2n) is 5.44. The fourth-order valence-corrected chi connectivity index (χ4v) is 4.31. The highest BCUT2D eigenvalue weighted by molar-refractivity contribution is 8.22. The number of allylic oxidation sites excluding steroid dienone is 1. The standard InChI is InChI=1S/C18H26O2S2/c1-4-14(2)16-7-9-17(10-8-16)20-15(3)19-11-13-22-18-6-5-12-21-18/h6-10,14-15H,4-5,11-13H2,1-3H3. The van der Waals surface area contributed by atoms with E-state index in [1.165, 1.54) is 22.0 Å². The monoisotopic (exact) mass is 338 g/mol. The molecule has 0 amide bonds. The van der Waals surface area contributed by atoms with Crippen LogP contribution < -0.4 is 4.74 Å². The first kappa shape index (κ1) is 17.8. The Morgan fingerprint density at radius 1 is 1.23 bits per heavy atom. The van der Waals surface area contributed by atoms with Crippen molar-refractivity contribution in [3.05, 3.63) is 40.1 Å². The van der Waals surface area contributed by atoms with Gasteiger partial charge in [0.25, 0.3) is 0 Å². The number of thioether (sulfide) groups is 2. The van der Waals surface area contributed by atoms with Crippen LogP contribution in [0.4, 0.5) is 0 Å². The van der Waals surface area contributed by atoms with Gasteiger partial charge in [-0.05, 0) is 43.4 Å². The minimum Gasteiger partial charge on any atom is -0.465 e. The predicted molar refractivity (Wildman–Crippen MR) is 98.8 cm³/mol. The van der Waals surface area contributed by atoms with Crippen LogP contribution in [-0.4, -0.2) is 24.4 Å². The second kappa shape index (κ2) is 9.53. The molecule has 0 bridgehead atoms. The molecule has 0 saturated heterocycles. The van der Waals surface area contributed by atoms with Crippen molar-refractivity contribution in [2.45, 2.75) is 45.8 Å². The number of hydrogen-bond donors (Lipinski definition) is 0. The molecule has 2 rings (SSSR count). The van der Waals surface area contributed by atoms with E-state index in [9.17, 15) is 0 Å². The molecule has 1 heterocycles. The van der Waals surface area contributed by atoms with E-state index in [0.29, 0.717) is 12.5 Å². The van der Waals surface area contributed by atoms with Gasteiger partial charge in [0.15, 0.2) is 6.29 Å². The molecular weight excluding hydrogens is 312 g/mol. The molecule has 1 aliphatic rings. The summed E-state index contributed by atoms with van der Waals surface area (Å²) < 4.78 is 13.0. The van der Waals surface area contributed by atoms with Gasteiger partial charge in [-0.3, -0.25) is 0 Å². The lowest BCUT2D eigenvalue weighted by Crippen LogP contribution is -2.17. The quantitative estimate of drug-likeness (QED) is 0.427. The van der Waals surface area contributed by atoms with Gasteiger partial charge in [-0.15, -0.1) is 23.5 Å². The van der Waals surface area contributed by atoms with Gasteiger partial charge in [-0.1, -0.05) is 32.1 Å². The molecule has 0 N–H and O–H groups in total. The van der Waals surface area contributed by atoms with E-state index in [0.717, 1.165) is 17.9 Å². The van der Waals surface area contributed by atoms with E-state index in [4.69, 9.17) is 9.47 Å². The fourth-order valence-electron chi connectivity index (χ4n) is 2.19. The largest absolute Gasteiger partial charge is 0.465 e. The summed E-state index contributed by atoms with van der Waals surface area (Å²) in [7, 11) is 0. The molecule has 1 aromatic rings. The molecule has 2 atom stereocenters. The Hall–Kier alpha value is -0.580. The SMILES string of the molecule is CCC(C)c1ccc(OC(C)OCCSC2=CCCS2)cc1. The van der Waals surface area contributed by atoms with Crippen molar-refractivity contribution in [2.75, 3.05) is 18.1 Å². The Morgan fingerprint density at radius 3 is 2.64 bits per heavy atom. The number of benzene rings is 1. The van der Waals surface area contributed by atoms with E-state index in [1.54, 1.807) is 0 Å². The number of rotatable bonds is 9. The maximum absolute atomic E-state index is 5.80. The maximum atomic E-state index is 5.80. The van der Waals surface area contributed by atoms with Crippen LogP contribution in [0.5, 0.6) is 5.75 Å². The van der Waals surface area contributed by atoms with Crippen molar-refractivity contribution < 1.29 is 9.47 Å². The highest BCUT2D eigenvalue weighted by Crippen LogP contribution is 2.34. The van der Waals surface area contributed by atoms with Crippen LogP contribution >= 0.6 is 23.5 Å². The Bertz CT molecular complexity index is 470. The van der Waals surface area contributed by atoms with Crippen LogP contribution in [0.25, 0.3) is 0 Å². The maximum Gasteiger partial charge on any atom is 0.197 e. The van der Waals surface area contributed by atoms with Crippen LogP contribution in [0.15, 0.2) is 34.6 Å². The van der Waals surface area contributed by atoms with Crippen LogP contribution in [0.3, 0.4) is 0 Å². The predicted octanol–water partition coefficient (Wildman–Crippen LogP) is 5.65. The van der Waals surface area contributed by atoms with Gasteiger partial charge in [-0.25, -0.2) is 0 Å². The minimum absolute atomic E-state index is 0.208. The van der Waals surface area contributed by atoms with E-state index < -0.39 is 0 Å². The van der Waals surface area contributed by atoms with Gasteiger partial charge in [0, 0.05) is 15.7 Å². The highest BCUT2D eigenvalue weighted by atomic mass is 32.2. The lowest BCUT2D eigenvalue weighted by molar-refractivity contribution is -0.0602. The summed E-state index contributed by atoms with van der Waals surface area (Å²) in [5, 5.41) is 0. The van der Waals surface area contributed by atoms with E-state index in [-0.39, 0.29) is 6.29 Å². The van der Waals surface area contributed by atoms with E-state index >= 15 is 0 Å². The first-order valence-electron chi connectivity index (χ1n) is 8.03. The Balaban J connectivity index is 1.66. The van der Waals surface area contributed by atoms with E-state index in [1.807, 2.05) is 42.6 Å². The van der Waals surface area contributed by atoms with Crippen LogP contribution in [-0.2, 0) is 4.74 Å². The van der Waals surface area contributed by atoms with Gasteiger partial charge in [0.2, 0.25) is 0 Å². The summed E-state index contributed by atoms with van der Waals surface area (Å²) in [4.78, 5) is 0. The van der Waals surface area contributed by atoms with Crippen molar-refractivity contribution in [1.82, 2.24) is 0 Å². The van der Waals surface area contributed by atoms with Gasteiger partial charge in [-0.2, -0.15) is 0 Å². The molecule has 2 nitrogen and oxygen atoms in total. The lowest BCUT2D eigenvalue weighted by atomic mass is 9.99. The third-order valence-corrected chi connectivity index (χ3v) is 6.14. The average molecular weight is 339 g/mol. The van der Waals surface area contributed by atoms with Crippen molar-refractivity contribution >= 4 is 23.5 Å². The molecule has 2 unspecified atom stereocenters. The van der Waals surface area contributed by atoms with Gasteiger partial charge in [0.05, 0.1) is 6.61 Å². The average Bonchev–Trinajstić information content (AvgIpc) is 3.05. The summed E-state index contributed by atoms with van der Waals surface area (Å²) in [6.07, 6.45) is 4.47. The highest BCUT2D eigenvalue weighted by Gasteiger charge is 2.08. The Labute approximate surface area is 143 Å². The van der Waals surface area contributed by atoms with Crippen molar-refractivity contribution in [3.63, 3.8) is 0 Å². The zero-order valence-electron chi connectivity index (χ0n) is 13.7. The summed E-state index contributed by atoms with van der Waals surface area (Å²) >= 11 is 3.83. The topological polar surface area (TPSA) is 18.5 Å². The first-order valence-corrected chi connectivity index (χ1v) is 10.00. The molecule has 0 saturated carbocycles. The molecule has 1 aliphatic heterocycles. The molecule has 4 heteroatoms. The summed E-state index contributed by atoms with van der Waals surface area (Å²) in [5.41, 5.74) is 1.36. The smallest absolute Gasteiger partial charge is 0.197 e. The molecule has 0 spiro atoms. The van der Waals surface area contributed by atoms with Crippen molar-refractivity contribution in [1.29, 1.82) is 0 Å². The first-order chi connectivity index (χ1) is 10.7. The van der Waals surface area contributed by atoms with Crippen LogP contribution in [0.2, 0.25) is 0 Å². The number of hydrogen-bond acceptors (Lipinski definition) is 4. The molecule has 0 radical (unpaired) electrons. The Kier molecular flexibility index (Phi) is 7.70. The van der Waals surface area contributed by atoms with E-state index in [2.05, 4.69) is 32.1 Å². The fraction of sp³-hybridized carbons (Fsp3) is 0.556. The van der Waals surface area contributed by atoms with Crippen molar-refractivity contribution in [3.8, 4) is 5.75 Å². The van der Waals surface area contributed by atoms with Crippen molar-refractivity contribution in [2.24, 2.45) is 0 Å². The van der Waals surface area contributed by atoms with Crippen LogP contribution in [0.1, 0.15) is 45.1 Å². The second-order valence-corrected chi connectivity index (χ2v) is 7.98. The summed E-state index contributed by atoms with van der Waals surface area (Å²) in [6.45, 7) is 7.13. The van der Waals surface area contributed by atoms with Gasteiger partial charge < -0.3 is 9.47 Å². The molecular formula is C18H26O2S2. The summed E-state index contributed by atoms with van der Waals surface area (Å²) in [5.74, 6) is 3.69. The van der Waals surface area contributed by atoms with Crippen LogP contribution in [0, 0.1) is 0 Å². The molecule has 0 fully saturated rings. The summed E-state index contributed by atoms with van der Waals surface area (Å²) in [6, 6.07) is 8.37. The molecule has 0 aromatic heterocycles.